The van der Waals surface area contributed by atoms with Gasteiger partial charge in [-0.15, -0.1) is 0 Å². The van der Waals surface area contributed by atoms with Crippen LogP contribution in [0.1, 0.15) is 251 Å². The third-order valence-corrected chi connectivity index (χ3v) is 13.9. The van der Waals surface area contributed by atoms with Crippen LogP contribution in [0.25, 0.3) is 0 Å². The van der Waals surface area contributed by atoms with Crippen molar-refractivity contribution >= 4 is 5.91 Å². The van der Waals surface area contributed by atoms with Crippen molar-refractivity contribution in [1.82, 2.24) is 5.32 Å². The average molecular weight is 1040 g/mol. The molecule has 0 aliphatic carbocycles. The minimum Gasteiger partial charge on any atom is -0.394 e. The Balaban J connectivity index is 2.19. The molecule has 0 aromatic heterocycles. The fourth-order valence-corrected chi connectivity index (χ4v) is 9.14. The van der Waals surface area contributed by atoms with Crippen molar-refractivity contribution in [2.75, 3.05) is 13.2 Å². The van der Waals surface area contributed by atoms with Gasteiger partial charge in [0.1, 0.15) is 24.4 Å². The lowest BCUT2D eigenvalue weighted by Crippen LogP contribution is -2.60. The average Bonchev–Trinajstić information content (AvgIpc) is 3.40. The second-order valence-corrected chi connectivity index (χ2v) is 20.8. The molecule has 7 unspecified atom stereocenters. The van der Waals surface area contributed by atoms with Crippen LogP contribution in [0, 0.1) is 0 Å². The van der Waals surface area contributed by atoms with Crippen molar-refractivity contribution in [1.29, 1.82) is 0 Å². The second-order valence-electron chi connectivity index (χ2n) is 20.8. The van der Waals surface area contributed by atoms with Crippen molar-refractivity contribution in [3.05, 3.63) is 97.2 Å². The zero-order valence-corrected chi connectivity index (χ0v) is 47.3. The van der Waals surface area contributed by atoms with Crippen molar-refractivity contribution in [3.8, 4) is 0 Å². The number of hydrogen-bond acceptors (Lipinski definition) is 8. The zero-order chi connectivity index (χ0) is 53.6. The summed E-state index contributed by atoms with van der Waals surface area (Å²) in [6, 6.07) is -0.813. The smallest absolute Gasteiger partial charge is 0.220 e. The number of carbonyl (C=O) groups excluding carboxylic acids is 1. The van der Waals surface area contributed by atoms with Crippen LogP contribution in [0.15, 0.2) is 97.2 Å². The van der Waals surface area contributed by atoms with Crippen LogP contribution in [0.3, 0.4) is 0 Å². The van der Waals surface area contributed by atoms with Gasteiger partial charge in [-0.25, -0.2) is 0 Å². The highest BCUT2D eigenvalue weighted by atomic mass is 16.7. The van der Waals surface area contributed by atoms with E-state index in [1.165, 1.54) is 141 Å². The summed E-state index contributed by atoms with van der Waals surface area (Å²) in [5.74, 6) is -0.182. The molecule has 0 saturated carbocycles. The molecule has 0 aromatic carbocycles. The van der Waals surface area contributed by atoms with Gasteiger partial charge in [0.2, 0.25) is 5.91 Å². The minimum absolute atomic E-state index is 0.182. The Morgan fingerprint density at radius 1 is 0.473 bits per heavy atom. The van der Waals surface area contributed by atoms with E-state index >= 15 is 0 Å². The lowest BCUT2D eigenvalue weighted by molar-refractivity contribution is -0.302. The van der Waals surface area contributed by atoms with Crippen LogP contribution in [0.5, 0.6) is 0 Å². The number of unbranched alkanes of at least 4 members (excludes halogenated alkanes) is 27. The van der Waals surface area contributed by atoms with E-state index in [-0.39, 0.29) is 12.5 Å². The summed E-state index contributed by atoms with van der Waals surface area (Å²) >= 11 is 0. The second kappa shape index (κ2) is 53.5. The van der Waals surface area contributed by atoms with Crippen LogP contribution >= 0.6 is 0 Å². The number of carbonyl (C=O) groups is 1. The number of rotatable bonds is 51. The van der Waals surface area contributed by atoms with Gasteiger partial charge in [-0.2, -0.15) is 0 Å². The molecular weight excluding hydrogens is 923 g/mol. The van der Waals surface area contributed by atoms with E-state index in [0.717, 1.165) is 89.9 Å². The van der Waals surface area contributed by atoms with Gasteiger partial charge in [-0.1, -0.05) is 265 Å². The lowest BCUT2D eigenvalue weighted by Gasteiger charge is -2.40. The molecule has 1 aliphatic rings. The number of ether oxygens (including phenoxy) is 2. The first kappa shape index (κ1) is 69.1. The summed E-state index contributed by atoms with van der Waals surface area (Å²) < 4.78 is 11.3. The number of hydrogen-bond donors (Lipinski definition) is 6. The summed E-state index contributed by atoms with van der Waals surface area (Å²) in [6.07, 6.45) is 70.4. The largest absolute Gasteiger partial charge is 0.394 e. The molecule has 9 nitrogen and oxygen atoms in total. The van der Waals surface area contributed by atoms with Gasteiger partial charge in [-0.3, -0.25) is 4.79 Å². The van der Waals surface area contributed by atoms with Gasteiger partial charge in [0.15, 0.2) is 6.29 Å². The summed E-state index contributed by atoms with van der Waals surface area (Å²) in [7, 11) is 0. The third kappa shape index (κ3) is 42.2. The molecule has 1 heterocycles. The molecule has 1 aliphatic heterocycles. The van der Waals surface area contributed by atoms with E-state index < -0.39 is 49.5 Å². The topological polar surface area (TPSA) is 149 Å². The standard InChI is InChI=1S/C65H113NO8/c1-3-5-7-9-11-13-15-17-19-21-23-24-25-26-27-28-29-30-31-32-33-34-35-36-37-39-41-43-45-47-49-51-53-55-61(69)66-58(57-73-65-64(72)63(71)62(70)60(56-67)74-65)59(68)54-52-50-48-46-44-42-40-38-22-20-18-16-14-12-10-8-6-4-2/h5,7,11,13,17,19,23-24,26-27,29-30,32-33,52,54,58-60,62-65,67-68,70-72H,3-4,6,8-10,12,14-16,18,20-22,25,28,31,34-51,53,55-57H2,1-2H3,(H,66,69)/b7-5-,13-11-,19-17-,24-23-,27-26-,30-29-,33-32-,54-52+. The predicted molar refractivity (Wildman–Crippen MR) is 313 cm³/mol. The van der Waals surface area contributed by atoms with Crippen LogP contribution in [-0.2, 0) is 14.3 Å². The van der Waals surface area contributed by atoms with Crippen LogP contribution in [0.4, 0.5) is 0 Å². The molecule has 0 spiro atoms. The van der Waals surface area contributed by atoms with E-state index in [0.29, 0.717) is 6.42 Å². The van der Waals surface area contributed by atoms with E-state index in [4.69, 9.17) is 9.47 Å². The van der Waals surface area contributed by atoms with E-state index in [1.807, 2.05) is 6.08 Å². The molecule has 9 heteroatoms. The summed E-state index contributed by atoms with van der Waals surface area (Å²) in [5, 5.41) is 54.6. The van der Waals surface area contributed by atoms with E-state index in [1.54, 1.807) is 6.08 Å². The molecule has 6 N–H and O–H groups in total. The Kier molecular flexibility index (Phi) is 50.0. The molecule has 1 saturated heterocycles. The summed E-state index contributed by atoms with van der Waals surface area (Å²) in [6.45, 7) is 3.67. The van der Waals surface area contributed by atoms with Crippen molar-refractivity contribution < 1.29 is 39.8 Å². The molecule has 0 radical (unpaired) electrons. The maximum absolute atomic E-state index is 13.1. The van der Waals surface area contributed by atoms with Crippen LogP contribution in [0.2, 0.25) is 0 Å². The molecule has 1 fully saturated rings. The molecule has 7 atom stereocenters. The Morgan fingerprint density at radius 3 is 1.24 bits per heavy atom. The van der Waals surface area contributed by atoms with Crippen molar-refractivity contribution in [2.24, 2.45) is 0 Å². The highest BCUT2D eigenvalue weighted by Crippen LogP contribution is 2.23. The van der Waals surface area contributed by atoms with E-state index in [2.05, 4.69) is 104 Å². The Morgan fingerprint density at radius 2 is 0.838 bits per heavy atom. The normalized spacial score (nSPS) is 19.7. The summed E-state index contributed by atoms with van der Waals surface area (Å²) in [5.41, 5.74) is 0. The Hall–Kier alpha value is -2.89. The zero-order valence-electron chi connectivity index (χ0n) is 47.3. The molecule has 426 valence electrons. The molecule has 0 aromatic rings. The number of amides is 1. The fraction of sp³-hybridized carbons (Fsp3) is 0.738. The molecule has 1 amide bonds. The van der Waals surface area contributed by atoms with Gasteiger partial charge in [0.05, 0.1) is 25.4 Å². The van der Waals surface area contributed by atoms with Gasteiger partial charge in [0.25, 0.3) is 0 Å². The minimum atomic E-state index is -1.57. The number of aliphatic hydroxyl groups excluding tert-OH is 5. The fourth-order valence-electron chi connectivity index (χ4n) is 9.14. The predicted octanol–water partition coefficient (Wildman–Crippen LogP) is 15.6. The molecule has 74 heavy (non-hydrogen) atoms. The molecule has 0 bridgehead atoms. The SMILES string of the molecule is CC/C=C\C/C=C\C/C=C\C/C=C\C/C=C\C/C=C\C/C=C\CCCCCCCCCCCCCC(=O)NC(COC1OC(CO)C(O)C(O)C1O)C(O)/C=C/CCCCCCCCCCCCCCCCCC. The van der Waals surface area contributed by atoms with Gasteiger partial charge in [-0.05, 0) is 77.0 Å². The van der Waals surface area contributed by atoms with Gasteiger partial charge in [0, 0.05) is 6.42 Å². The number of aliphatic hydroxyl groups is 5. The monoisotopic (exact) mass is 1040 g/mol. The molecular formula is C65H113NO8. The Bertz CT molecular complexity index is 1480. The summed E-state index contributed by atoms with van der Waals surface area (Å²) in [4.78, 5) is 13.1. The van der Waals surface area contributed by atoms with Crippen molar-refractivity contribution in [3.63, 3.8) is 0 Å². The van der Waals surface area contributed by atoms with Crippen LogP contribution < -0.4 is 5.32 Å². The highest BCUT2D eigenvalue weighted by Gasteiger charge is 2.44. The third-order valence-electron chi connectivity index (χ3n) is 13.9. The highest BCUT2D eigenvalue weighted by molar-refractivity contribution is 5.76. The molecule has 1 rings (SSSR count). The lowest BCUT2D eigenvalue weighted by atomic mass is 9.99. The quantitative estimate of drug-likeness (QED) is 0.0261. The Labute approximate surface area is 453 Å². The van der Waals surface area contributed by atoms with E-state index in [9.17, 15) is 30.3 Å². The van der Waals surface area contributed by atoms with Crippen molar-refractivity contribution in [2.45, 2.75) is 294 Å². The first-order chi connectivity index (χ1) is 36.3. The maximum Gasteiger partial charge on any atom is 0.220 e. The van der Waals surface area contributed by atoms with Gasteiger partial charge >= 0.3 is 0 Å². The van der Waals surface area contributed by atoms with Crippen LogP contribution in [-0.4, -0.2) is 87.5 Å². The van der Waals surface area contributed by atoms with Gasteiger partial charge < -0.3 is 40.3 Å². The first-order valence-electron chi connectivity index (χ1n) is 30.5. The maximum atomic E-state index is 13.1. The number of allylic oxidation sites excluding steroid dienone is 15. The first-order valence-corrected chi connectivity index (χ1v) is 30.5. The number of nitrogens with one attached hydrogen (secondary N) is 1.